The molecular formula is C8H8Cl3N3OS. The molecule has 0 bridgehead atoms. The van der Waals surface area contributed by atoms with Crippen molar-refractivity contribution in [3.8, 4) is 0 Å². The van der Waals surface area contributed by atoms with Crippen molar-refractivity contribution in [1.82, 2.24) is 15.3 Å². The molecular weight excluding hydrogens is 293 g/mol. The van der Waals surface area contributed by atoms with Crippen LogP contribution in [0, 0.1) is 6.92 Å². The van der Waals surface area contributed by atoms with Gasteiger partial charge in [0.05, 0.1) is 0 Å². The zero-order chi connectivity index (χ0) is 12.2. The molecule has 1 rings (SSSR count). The van der Waals surface area contributed by atoms with Crippen LogP contribution >= 0.6 is 46.6 Å². The number of aryl methyl sites for hydroxylation is 1. The summed E-state index contributed by atoms with van der Waals surface area (Å²) in [5.74, 6) is 0. The molecule has 1 amide bonds. The van der Waals surface area contributed by atoms with Crippen molar-refractivity contribution in [3.63, 3.8) is 0 Å². The fraction of sp³-hybridized carbons (Fsp3) is 0.375. The Balaban J connectivity index is 2.79. The van der Waals surface area contributed by atoms with Gasteiger partial charge in [-0.1, -0.05) is 46.6 Å². The predicted molar refractivity (Wildman–Crippen MR) is 65.9 cm³/mol. The van der Waals surface area contributed by atoms with E-state index in [2.05, 4.69) is 15.3 Å². The summed E-state index contributed by atoms with van der Waals surface area (Å²) < 4.78 is -1.61. The van der Waals surface area contributed by atoms with Crippen LogP contribution in [0.25, 0.3) is 0 Å². The molecule has 1 N–H and O–H groups in total. The summed E-state index contributed by atoms with van der Waals surface area (Å²) in [6.45, 7) is 1.82. The average Bonchev–Trinajstić information content (AvgIpc) is 2.16. The van der Waals surface area contributed by atoms with Crippen LogP contribution in [0.3, 0.4) is 0 Å². The minimum Gasteiger partial charge on any atom is -0.342 e. The molecule has 0 saturated carbocycles. The fourth-order valence-electron chi connectivity index (χ4n) is 0.872. The van der Waals surface area contributed by atoms with Crippen molar-refractivity contribution < 1.29 is 4.79 Å². The third kappa shape index (κ3) is 4.33. The number of hydrogen-bond acceptors (Lipinski definition) is 4. The van der Waals surface area contributed by atoms with E-state index in [-0.39, 0.29) is 0 Å². The quantitative estimate of drug-likeness (QED) is 0.305. The zero-order valence-corrected chi connectivity index (χ0v) is 11.2. The molecule has 0 fully saturated rings. The maximum Gasteiger partial charge on any atom is 0.220 e. The first-order valence-electron chi connectivity index (χ1n) is 4.15. The number of carbonyl (C=O) groups excluding carboxylic acids is 1. The Kier molecular flexibility index (Phi) is 5.11. The monoisotopic (exact) mass is 299 g/mol. The van der Waals surface area contributed by atoms with Crippen LogP contribution in [0.15, 0.2) is 17.4 Å². The van der Waals surface area contributed by atoms with E-state index in [9.17, 15) is 4.79 Å². The number of thioether (sulfide) groups is 1. The summed E-state index contributed by atoms with van der Waals surface area (Å²) in [6.07, 6.45) is 1.89. The Hall–Kier alpha value is -0.230. The van der Waals surface area contributed by atoms with E-state index in [0.717, 1.165) is 17.5 Å². The molecule has 0 unspecified atom stereocenters. The van der Waals surface area contributed by atoms with Gasteiger partial charge < -0.3 is 5.32 Å². The van der Waals surface area contributed by atoms with Gasteiger partial charge in [0.1, 0.15) is 16.7 Å². The molecule has 16 heavy (non-hydrogen) atoms. The Morgan fingerprint density at radius 1 is 1.50 bits per heavy atom. The Labute approximate surface area is 112 Å². The smallest absolute Gasteiger partial charge is 0.220 e. The van der Waals surface area contributed by atoms with Gasteiger partial charge in [-0.05, 0) is 13.0 Å². The van der Waals surface area contributed by atoms with E-state index >= 15 is 0 Å². The summed E-state index contributed by atoms with van der Waals surface area (Å²) in [5, 5.41) is 2.34. The highest BCUT2D eigenvalue weighted by Crippen LogP contribution is 2.38. The lowest BCUT2D eigenvalue weighted by molar-refractivity contribution is -0.109. The third-order valence-corrected chi connectivity index (χ3v) is 3.77. The second-order valence-corrected chi connectivity index (χ2v) is 6.32. The van der Waals surface area contributed by atoms with Crippen LogP contribution in [0.1, 0.15) is 5.69 Å². The van der Waals surface area contributed by atoms with E-state index < -0.39 is 9.17 Å². The van der Waals surface area contributed by atoms with Gasteiger partial charge in [-0.25, -0.2) is 9.97 Å². The van der Waals surface area contributed by atoms with Gasteiger partial charge in [-0.3, -0.25) is 4.79 Å². The number of halogens is 3. The largest absolute Gasteiger partial charge is 0.342 e. The molecule has 1 heterocycles. The molecule has 0 aromatic carbocycles. The van der Waals surface area contributed by atoms with Crippen LogP contribution in [-0.4, -0.2) is 25.5 Å². The summed E-state index contributed by atoms with van der Waals surface area (Å²) >= 11 is 18.3. The van der Waals surface area contributed by atoms with Crippen LogP contribution in [0.5, 0.6) is 0 Å². The first kappa shape index (κ1) is 13.8. The first-order valence-corrected chi connectivity index (χ1v) is 6.16. The number of nitrogens with one attached hydrogen (secondary N) is 1. The van der Waals surface area contributed by atoms with Crippen molar-refractivity contribution >= 4 is 53.0 Å². The minimum absolute atomic E-state index is 0.480. The molecule has 0 saturated heterocycles. The van der Waals surface area contributed by atoms with Gasteiger partial charge in [0.2, 0.25) is 10.2 Å². The summed E-state index contributed by atoms with van der Waals surface area (Å²) in [5.41, 5.74) is 0.798. The van der Waals surface area contributed by atoms with Gasteiger partial charge in [-0.2, -0.15) is 0 Å². The number of rotatable bonds is 4. The van der Waals surface area contributed by atoms with E-state index in [1.54, 1.807) is 6.07 Å². The lowest BCUT2D eigenvalue weighted by Crippen LogP contribution is -2.36. The molecule has 88 valence electrons. The Bertz CT molecular complexity index is 372. The van der Waals surface area contributed by atoms with Crippen LogP contribution in [-0.2, 0) is 4.79 Å². The fourth-order valence-corrected chi connectivity index (χ4v) is 2.31. The SMILES string of the molecule is Cc1cc(S[C@H](NC=O)C(Cl)(Cl)Cl)ncn1. The number of alkyl halides is 3. The topological polar surface area (TPSA) is 54.9 Å². The molecule has 0 aliphatic rings. The summed E-state index contributed by atoms with van der Waals surface area (Å²) in [7, 11) is 0. The highest BCUT2D eigenvalue weighted by atomic mass is 35.6. The number of hydrogen-bond donors (Lipinski definition) is 1. The van der Waals surface area contributed by atoms with Crippen molar-refractivity contribution in [1.29, 1.82) is 0 Å². The average molecular weight is 301 g/mol. The van der Waals surface area contributed by atoms with Crippen molar-refractivity contribution in [2.24, 2.45) is 0 Å². The minimum atomic E-state index is -1.61. The molecule has 1 aromatic rings. The predicted octanol–water partition coefficient (Wildman–Crippen LogP) is 2.32. The van der Waals surface area contributed by atoms with Gasteiger partial charge in [0.15, 0.2) is 0 Å². The highest BCUT2D eigenvalue weighted by molar-refractivity contribution is 8.00. The second-order valence-electron chi connectivity index (χ2n) is 2.82. The summed E-state index contributed by atoms with van der Waals surface area (Å²) in [4.78, 5) is 18.3. The lowest BCUT2D eigenvalue weighted by atomic mass is 10.5. The number of carbonyl (C=O) groups is 1. The first-order chi connectivity index (χ1) is 7.43. The molecule has 1 atom stereocenters. The summed E-state index contributed by atoms with van der Waals surface area (Å²) in [6, 6.07) is 1.74. The van der Waals surface area contributed by atoms with Crippen LogP contribution in [0.2, 0.25) is 0 Å². The normalized spacial score (nSPS) is 13.2. The van der Waals surface area contributed by atoms with E-state index in [0.29, 0.717) is 11.4 Å². The third-order valence-electron chi connectivity index (χ3n) is 1.53. The molecule has 4 nitrogen and oxygen atoms in total. The van der Waals surface area contributed by atoms with Crippen LogP contribution in [0.4, 0.5) is 0 Å². The van der Waals surface area contributed by atoms with E-state index in [1.165, 1.54) is 6.33 Å². The molecule has 0 radical (unpaired) electrons. The van der Waals surface area contributed by atoms with Gasteiger partial charge in [0.25, 0.3) is 0 Å². The number of aromatic nitrogens is 2. The Morgan fingerprint density at radius 3 is 2.69 bits per heavy atom. The highest BCUT2D eigenvalue weighted by Gasteiger charge is 2.33. The number of amides is 1. The van der Waals surface area contributed by atoms with Gasteiger partial charge in [-0.15, -0.1) is 0 Å². The van der Waals surface area contributed by atoms with Gasteiger partial charge in [0, 0.05) is 5.69 Å². The van der Waals surface area contributed by atoms with E-state index in [4.69, 9.17) is 34.8 Å². The molecule has 0 aliphatic carbocycles. The molecule has 0 spiro atoms. The molecule has 1 aromatic heterocycles. The maximum atomic E-state index is 10.4. The Morgan fingerprint density at radius 2 is 2.19 bits per heavy atom. The van der Waals surface area contributed by atoms with E-state index in [1.807, 2.05) is 6.92 Å². The number of nitrogens with zero attached hydrogens (tertiary/aromatic N) is 2. The van der Waals surface area contributed by atoms with Crippen molar-refractivity contribution in [3.05, 3.63) is 18.1 Å². The second kappa shape index (κ2) is 5.91. The zero-order valence-electron chi connectivity index (χ0n) is 8.15. The van der Waals surface area contributed by atoms with Gasteiger partial charge >= 0.3 is 0 Å². The maximum absolute atomic E-state index is 10.4. The lowest BCUT2D eigenvalue weighted by Gasteiger charge is -2.22. The molecule has 8 heteroatoms. The van der Waals surface area contributed by atoms with Crippen molar-refractivity contribution in [2.45, 2.75) is 21.1 Å². The van der Waals surface area contributed by atoms with Crippen LogP contribution < -0.4 is 5.32 Å². The van der Waals surface area contributed by atoms with Crippen molar-refractivity contribution in [2.75, 3.05) is 0 Å². The molecule has 0 aliphatic heterocycles. The standard InChI is InChI=1S/C8H8Cl3N3OS/c1-5-2-6(13-3-12-5)16-7(14-4-15)8(9,10)11/h2-4,7H,1H3,(H,14,15)/t7-/m0/s1.